The van der Waals surface area contributed by atoms with Gasteiger partial charge in [0.2, 0.25) is 0 Å². The lowest BCUT2D eigenvalue weighted by Crippen LogP contribution is -2.39. The summed E-state index contributed by atoms with van der Waals surface area (Å²) in [6.07, 6.45) is 0.820. The van der Waals surface area contributed by atoms with Crippen LogP contribution in [0.2, 0.25) is 5.02 Å². The lowest BCUT2D eigenvalue weighted by molar-refractivity contribution is -0.121. The van der Waals surface area contributed by atoms with Crippen LogP contribution in [0.1, 0.15) is 23.7 Å². The number of benzene rings is 2. The van der Waals surface area contributed by atoms with Crippen molar-refractivity contribution in [1.82, 2.24) is 4.98 Å². The Morgan fingerprint density at radius 2 is 2.20 bits per heavy atom. The Balaban J connectivity index is 1.59. The van der Waals surface area contributed by atoms with E-state index in [-0.39, 0.29) is 23.1 Å². The molecule has 1 aliphatic rings. The van der Waals surface area contributed by atoms with E-state index < -0.39 is 11.7 Å². The van der Waals surface area contributed by atoms with Gasteiger partial charge >= 0.3 is 0 Å². The lowest BCUT2D eigenvalue weighted by Gasteiger charge is -2.29. The molecule has 30 heavy (non-hydrogen) atoms. The second-order valence-corrected chi connectivity index (χ2v) is 7.87. The first kappa shape index (κ1) is 20.3. The number of thiazole rings is 1. The number of aromatic nitrogens is 1. The number of nitrogens with one attached hydrogen (secondary N) is 1. The number of amides is 2. The third-order valence-electron chi connectivity index (χ3n) is 4.56. The fourth-order valence-electron chi connectivity index (χ4n) is 3.17. The number of carbonyl (C=O) groups excluding carboxylic acids is 2. The molecule has 0 atom stereocenters. The Bertz CT molecular complexity index is 1110. The Morgan fingerprint density at radius 1 is 1.37 bits per heavy atom. The average Bonchev–Trinajstić information content (AvgIpc) is 3.18. The van der Waals surface area contributed by atoms with Gasteiger partial charge in [0, 0.05) is 17.5 Å². The SMILES string of the molecule is CCCN1C(=O)COc2ccc(-c3csc(NC(=O)c4c(F)cccc4Cl)n3)cc21. The average molecular weight is 446 g/mol. The molecule has 1 aliphatic heterocycles. The molecule has 2 aromatic carbocycles. The number of halogens is 2. The summed E-state index contributed by atoms with van der Waals surface area (Å²) in [5.41, 5.74) is 1.86. The van der Waals surface area contributed by atoms with E-state index in [2.05, 4.69) is 10.3 Å². The molecule has 2 amide bonds. The van der Waals surface area contributed by atoms with Gasteiger partial charge < -0.3 is 9.64 Å². The van der Waals surface area contributed by atoms with Gasteiger partial charge in [-0.1, -0.05) is 24.6 Å². The molecule has 0 radical (unpaired) electrons. The van der Waals surface area contributed by atoms with Gasteiger partial charge in [-0.05, 0) is 36.8 Å². The largest absolute Gasteiger partial charge is 0.482 e. The second kappa shape index (κ2) is 8.41. The fraction of sp³-hybridized carbons (Fsp3) is 0.190. The number of hydrogen-bond donors (Lipinski definition) is 1. The Kier molecular flexibility index (Phi) is 5.69. The smallest absolute Gasteiger partial charge is 0.265 e. The number of carbonyl (C=O) groups is 2. The van der Waals surface area contributed by atoms with Crippen LogP contribution in [0, 0.1) is 5.82 Å². The molecule has 9 heteroatoms. The molecular formula is C21H17ClFN3O3S. The first-order chi connectivity index (χ1) is 14.5. The summed E-state index contributed by atoms with van der Waals surface area (Å²) >= 11 is 7.16. The molecule has 6 nitrogen and oxygen atoms in total. The van der Waals surface area contributed by atoms with Crippen LogP contribution in [0.3, 0.4) is 0 Å². The van der Waals surface area contributed by atoms with Crippen LogP contribution in [-0.2, 0) is 4.79 Å². The number of nitrogens with zero attached hydrogens (tertiary/aromatic N) is 2. The maximum absolute atomic E-state index is 14.0. The highest BCUT2D eigenvalue weighted by Crippen LogP contribution is 2.37. The number of fused-ring (bicyclic) bond motifs is 1. The van der Waals surface area contributed by atoms with Gasteiger partial charge in [0.1, 0.15) is 11.6 Å². The van der Waals surface area contributed by atoms with Crippen LogP contribution in [-0.4, -0.2) is 29.9 Å². The third kappa shape index (κ3) is 3.88. The van der Waals surface area contributed by atoms with Gasteiger partial charge in [-0.25, -0.2) is 9.37 Å². The van der Waals surface area contributed by atoms with Crippen molar-refractivity contribution in [3.8, 4) is 17.0 Å². The predicted octanol–water partition coefficient (Wildman–Crippen LogP) is 4.99. The second-order valence-electron chi connectivity index (χ2n) is 6.61. The summed E-state index contributed by atoms with van der Waals surface area (Å²) in [4.78, 5) is 30.7. The van der Waals surface area contributed by atoms with Crippen molar-refractivity contribution < 1.29 is 18.7 Å². The Hall–Kier alpha value is -2.97. The topological polar surface area (TPSA) is 71.5 Å². The van der Waals surface area contributed by atoms with Crippen molar-refractivity contribution in [3.05, 3.63) is 58.2 Å². The highest BCUT2D eigenvalue weighted by molar-refractivity contribution is 7.14. The summed E-state index contributed by atoms with van der Waals surface area (Å²) in [6, 6.07) is 9.54. The summed E-state index contributed by atoms with van der Waals surface area (Å²) in [6.45, 7) is 2.63. The summed E-state index contributed by atoms with van der Waals surface area (Å²) < 4.78 is 19.5. The molecule has 2 heterocycles. The van der Waals surface area contributed by atoms with Gasteiger partial charge in [0.25, 0.3) is 11.8 Å². The zero-order valence-corrected chi connectivity index (χ0v) is 17.5. The van der Waals surface area contributed by atoms with Gasteiger partial charge in [-0.15, -0.1) is 11.3 Å². The zero-order chi connectivity index (χ0) is 21.3. The Labute approximate surface area is 181 Å². The highest BCUT2D eigenvalue weighted by Gasteiger charge is 2.25. The molecule has 0 bridgehead atoms. The summed E-state index contributed by atoms with van der Waals surface area (Å²) in [7, 11) is 0. The van der Waals surface area contributed by atoms with Crippen molar-refractivity contribution >= 4 is 45.6 Å². The van der Waals surface area contributed by atoms with E-state index in [1.165, 1.54) is 29.5 Å². The van der Waals surface area contributed by atoms with E-state index in [9.17, 15) is 14.0 Å². The first-order valence-electron chi connectivity index (χ1n) is 9.26. The van der Waals surface area contributed by atoms with Crippen LogP contribution < -0.4 is 15.0 Å². The first-order valence-corrected chi connectivity index (χ1v) is 10.5. The maximum atomic E-state index is 14.0. The lowest BCUT2D eigenvalue weighted by atomic mass is 10.1. The van der Waals surface area contributed by atoms with Crippen molar-refractivity contribution in [3.63, 3.8) is 0 Å². The van der Waals surface area contributed by atoms with Crippen LogP contribution in [0.4, 0.5) is 15.2 Å². The molecule has 3 aromatic rings. The Morgan fingerprint density at radius 3 is 2.97 bits per heavy atom. The fourth-order valence-corrected chi connectivity index (χ4v) is 4.13. The molecular weight excluding hydrogens is 429 g/mol. The molecule has 1 N–H and O–H groups in total. The normalized spacial score (nSPS) is 13.0. The minimum absolute atomic E-state index is 0.0256. The van der Waals surface area contributed by atoms with E-state index in [1.807, 2.05) is 19.1 Å². The molecule has 0 aliphatic carbocycles. The van der Waals surface area contributed by atoms with E-state index in [1.54, 1.807) is 16.3 Å². The summed E-state index contributed by atoms with van der Waals surface area (Å²) in [5.74, 6) is -0.816. The third-order valence-corrected chi connectivity index (χ3v) is 5.63. The maximum Gasteiger partial charge on any atom is 0.265 e. The van der Waals surface area contributed by atoms with Crippen molar-refractivity contribution in [2.24, 2.45) is 0 Å². The molecule has 0 fully saturated rings. The number of anilines is 2. The van der Waals surface area contributed by atoms with E-state index >= 15 is 0 Å². The van der Waals surface area contributed by atoms with E-state index in [4.69, 9.17) is 16.3 Å². The minimum atomic E-state index is -0.702. The van der Waals surface area contributed by atoms with Gasteiger partial charge in [-0.3, -0.25) is 14.9 Å². The monoisotopic (exact) mass is 445 g/mol. The number of hydrogen-bond acceptors (Lipinski definition) is 5. The zero-order valence-electron chi connectivity index (χ0n) is 15.9. The molecule has 0 spiro atoms. The van der Waals surface area contributed by atoms with E-state index in [0.29, 0.717) is 28.8 Å². The van der Waals surface area contributed by atoms with Crippen LogP contribution >= 0.6 is 22.9 Å². The van der Waals surface area contributed by atoms with Crippen molar-refractivity contribution in [1.29, 1.82) is 0 Å². The quantitative estimate of drug-likeness (QED) is 0.600. The molecule has 0 unspecified atom stereocenters. The molecule has 1 aromatic heterocycles. The molecule has 154 valence electrons. The van der Waals surface area contributed by atoms with Gasteiger partial charge in [0.15, 0.2) is 11.7 Å². The van der Waals surface area contributed by atoms with Gasteiger partial charge in [-0.2, -0.15) is 0 Å². The van der Waals surface area contributed by atoms with Gasteiger partial charge in [0.05, 0.1) is 22.0 Å². The molecule has 4 rings (SSSR count). The molecule has 0 saturated heterocycles. The predicted molar refractivity (Wildman–Crippen MR) is 115 cm³/mol. The highest BCUT2D eigenvalue weighted by atomic mass is 35.5. The van der Waals surface area contributed by atoms with Crippen molar-refractivity contribution in [2.45, 2.75) is 13.3 Å². The van der Waals surface area contributed by atoms with Crippen LogP contribution in [0.25, 0.3) is 11.3 Å². The minimum Gasteiger partial charge on any atom is -0.482 e. The molecule has 0 saturated carbocycles. The van der Waals surface area contributed by atoms with Crippen LogP contribution in [0.15, 0.2) is 41.8 Å². The number of ether oxygens (including phenoxy) is 1. The van der Waals surface area contributed by atoms with Crippen molar-refractivity contribution in [2.75, 3.05) is 23.4 Å². The standard InChI is InChI=1S/C21H17ClFN3O3S/c1-2-8-26-16-9-12(6-7-17(16)29-10-18(26)27)15-11-30-21(24-15)25-20(28)19-13(22)4-3-5-14(19)23/h3-7,9,11H,2,8,10H2,1H3,(H,24,25,28). The number of rotatable bonds is 5. The summed E-state index contributed by atoms with van der Waals surface area (Å²) in [5, 5.41) is 4.69. The van der Waals surface area contributed by atoms with E-state index in [0.717, 1.165) is 12.0 Å². The van der Waals surface area contributed by atoms with Crippen LogP contribution in [0.5, 0.6) is 5.75 Å².